The van der Waals surface area contributed by atoms with Gasteiger partial charge in [0.05, 0.1) is 22.3 Å². The molecular formula is C15H12BrClN2O2S. The van der Waals surface area contributed by atoms with Crippen LogP contribution in [0.15, 0.2) is 34.8 Å². The maximum Gasteiger partial charge on any atom is 0.300 e. The third-order valence-corrected chi connectivity index (χ3v) is 5.08. The number of carbonyl (C=O) groups is 2. The average molecular weight is 400 g/mol. The van der Waals surface area contributed by atoms with Gasteiger partial charge in [0.1, 0.15) is 0 Å². The molecule has 3 rings (SSSR count). The SMILES string of the molecule is CN(Cc1ccc(Cl)s1)CN1C(=O)C(=O)c2cc(Br)ccc21. The monoisotopic (exact) mass is 398 g/mol. The molecule has 0 saturated heterocycles. The number of amides is 1. The molecule has 1 aromatic carbocycles. The zero-order valence-electron chi connectivity index (χ0n) is 11.7. The number of ketones is 1. The summed E-state index contributed by atoms with van der Waals surface area (Å²) in [6, 6.07) is 9.13. The Morgan fingerprint density at radius 1 is 1.27 bits per heavy atom. The number of nitrogens with zero attached hydrogens (tertiary/aromatic N) is 2. The van der Waals surface area contributed by atoms with Crippen molar-refractivity contribution in [1.29, 1.82) is 0 Å². The number of fused-ring (bicyclic) bond motifs is 1. The zero-order valence-corrected chi connectivity index (χ0v) is 14.8. The van der Waals surface area contributed by atoms with Crippen LogP contribution in [-0.2, 0) is 11.3 Å². The molecule has 1 amide bonds. The van der Waals surface area contributed by atoms with E-state index in [1.54, 1.807) is 12.1 Å². The fourth-order valence-electron chi connectivity index (χ4n) is 2.41. The summed E-state index contributed by atoms with van der Waals surface area (Å²) in [5.41, 5.74) is 1.11. The van der Waals surface area contributed by atoms with Gasteiger partial charge in [0.25, 0.3) is 5.78 Å². The van der Waals surface area contributed by atoms with Crippen molar-refractivity contribution in [3.63, 3.8) is 0 Å². The maximum absolute atomic E-state index is 12.2. The lowest BCUT2D eigenvalue weighted by molar-refractivity contribution is -0.114. The van der Waals surface area contributed by atoms with Crippen LogP contribution in [0, 0.1) is 0 Å². The van der Waals surface area contributed by atoms with Gasteiger partial charge >= 0.3 is 5.91 Å². The number of hydrogen-bond acceptors (Lipinski definition) is 4. The second-order valence-electron chi connectivity index (χ2n) is 5.09. The Morgan fingerprint density at radius 2 is 2.05 bits per heavy atom. The van der Waals surface area contributed by atoms with Gasteiger partial charge in [-0.1, -0.05) is 27.5 Å². The van der Waals surface area contributed by atoms with Crippen molar-refractivity contribution in [2.45, 2.75) is 6.54 Å². The van der Waals surface area contributed by atoms with Crippen LogP contribution in [0.3, 0.4) is 0 Å². The molecule has 22 heavy (non-hydrogen) atoms. The van der Waals surface area contributed by atoms with E-state index in [1.807, 2.05) is 30.1 Å². The van der Waals surface area contributed by atoms with E-state index in [-0.39, 0.29) is 0 Å². The molecule has 1 aliphatic heterocycles. The minimum atomic E-state index is -0.482. The highest BCUT2D eigenvalue weighted by Gasteiger charge is 2.36. The van der Waals surface area contributed by atoms with Gasteiger partial charge < -0.3 is 0 Å². The quantitative estimate of drug-likeness (QED) is 0.735. The number of carbonyl (C=O) groups excluding carboxylic acids is 2. The first-order valence-corrected chi connectivity index (χ1v) is 8.53. The first-order valence-electron chi connectivity index (χ1n) is 6.54. The van der Waals surface area contributed by atoms with Crippen molar-refractivity contribution < 1.29 is 9.59 Å². The van der Waals surface area contributed by atoms with E-state index >= 15 is 0 Å². The summed E-state index contributed by atoms with van der Waals surface area (Å²) >= 11 is 10.8. The van der Waals surface area contributed by atoms with Gasteiger partial charge in [-0.05, 0) is 37.4 Å². The van der Waals surface area contributed by atoms with Gasteiger partial charge in [0, 0.05) is 15.9 Å². The minimum absolute atomic E-state index is 0.356. The molecule has 0 atom stereocenters. The first-order chi connectivity index (χ1) is 10.5. The predicted molar refractivity (Wildman–Crippen MR) is 91.6 cm³/mol. The molecule has 7 heteroatoms. The molecule has 1 aromatic heterocycles. The number of thiophene rings is 1. The van der Waals surface area contributed by atoms with Crippen molar-refractivity contribution in [2.75, 3.05) is 18.6 Å². The van der Waals surface area contributed by atoms with Crippen LogP contribution in [-0.4, -0.2) is 30.3 Å². The third kappa shape index (κ3) is 2.96. The van der Waals surface area contributed by atoms with Crippen LogP contribution in [0.25, 0.3) is 0 Å². The summed E-state index contributed by atoms with van der Waals surface area (Å²) in [7, 11) is 1.90. The Labute approximate surface area is 145 Å². The third-order valence-electron chi connectivity index (χ3n) is 3.37. The lowest BCUT2D eigenvalue weighted by Crippen LogP contribution is -2.38. The zero-order chi connectivity index (χ0) is 15.9. The van der Waals surface area contributed by atoms with Crippen molar-refractivity contribution in [3.05, 3.63) is 49.6 Å². The Bertz CT molecular complexity index is 762. The van der Waals surface area contributed by atoms with Crippen molar-refractivity contribution in [3.8, 4) is 0 Å². The van der Waals surface area contributed by atoms with Gasteiger partial charge in [-0.2, -0.15) is 0 Å². The summed E-state index contributed by atoms with van der Waals surface area (Å²) in [5, 5.41) is 0. The van der Waals surface area contributed by atoms with Crippen molar-refractivity contribution in [2.24, 2.45) is 0 Å². The van der Waals surface area contributed by atoms with Crippen LogP contribution < -0.4 is 4.90 Å². The summed E-state index contributed by atoms with van der Waals surface area (Å²) in [4.78, 5) is 28.8. The van der Waals surface area contributed by atoms with E-state index < -0.39 is 11.7 Å². The van der Waals surface area contributed by atoms with E-state index in [9.17, 15) is 9.59 Å². The first kappa shape index (κ1) is 15.7. The molecule has 0 spiro atoms. The van der Waals surface area contributed by atoms with Crippen LogP contribution in [0.5, 0.6) is 0 Å². The van der Waals surface area contributed by atoms with Crippen LogP contribution >= 0.6 is 38.9 Å². The van der Waals surface area contributed by atoms with Gasteiger partial charge in [-0.3, -0.25) is 19.4 Å². The molecule has 2 heterocycles. The van der Waals surface area contributed by atoms with E-state index in [1.165, 1.54) is 16.2 Å². The number of rotatable bonds is 4. The fraction of sp³-hybridized carbons (Fsp3) is 0.200. The predicted octanol–water partition coefficient (Wildman–Crippen LogP) is 3.78. The van der Waals surface area contributed by atoms with Gasteiger partial charge in [0.2, 0.25) is 0 Å². The number of Topliss-reactive ketones (excluding diaryl/α,β-unsaturated/α-hetero) is 1. The summed E-state index contributed by atoms with van der Waals surface area (Å²) in [5.74, 6) is -0.937. The number of benzene rings is 1. The van der Waals surface area contributed by atoms with E-state index in [2.05, 4.69) is 15.9 Å². The molecular weight excluding hydrogens is 388 g/mol. The van der Waals surface area contributed by atoms with E-state index in [0.717, 1.165) is 13.7 Å². The van der Waals surface area contributed by atoms with Gasteiger partial charge in [-0.25, -0.2) is 0 Å². The topological polar surface area (TPSA) is 40.6 Å². The molecule has 0 unspecified atom stereocenters. The molecule has 0 fully saturated rings. The molecule has 0 aliphatic carbocycles. The Kier molecular flexibility index (Phi) is 4.36. The molecule has 0 N–H and O–H groups in total. The average Bonchev–Trinajstić information content (AvgIpc) is 2.96. The Balaban J connectivity index is 1.78. The minimum Gasteiger partial charge on any atom is -0.291 e. The van der Waals surface area contributed by atoms with Crippen LogP contribution in [0.1, 0.15) is 15.2 Å². The fourth-order valence-corrected chi connectivity index (χ4v) is 3.94. The van der Waals surface area contributed by atoms with Crippen molar-refractivity contribution >= 4 is 56.2 Å². The highest BCUT2D eigenvalue weighted by atomic mass is 79.9. The summed E-state index contributed by atoms with van der Waals surface area (Å²) in [6.07, 6.45) is 0. The van der Waals surface area contributed by atoms with Crippen LogP contribution in [0.4, 0.5) is 5.69 Å². The molecule has 0 saturated carbocycles. The Hall–Kier alpha value is -1.21. The maximum atomic E-state index is 12.2. The summed E-state index contributed by atoms with van der Waals surface area (Å²) < 4.78 is 1.53. The van der Waals surface area contributed by atoms with E-state index in [4.69, 9.17) is 11.6 Å². The normalized spacial score (nSPS) is 14.1. The second-order valence-corrected chi connectivity index (χ2v) is 7.80. The molecule has 0 radical (unpaired) electrons. The van der Waals surface area contributed by atoms with Crippen LogP contribution in [0.2, 0.25) is 4.34 Å². The number of halogens is 2. The molecule has 4 nitrogen and oxygen atoms in total. The summed E-state index contributed by atoms with van der Waals surface area (Å²) in [6.45, 7) is 1.02. The standard InChI is InChI=1S/C15H12BrClN2O2S/c1-18(7-10-3-5-13(17)22-10)8-19-12-4-2-9(16)6-11(12)14(20)15(19)21/h2-6H,7-8H2,1H3. The number of hydrogen-bond donors (Lipinski definition) is 0. The van der Waals surface area contributed by atoms with Gasteiger partial charge in [-0.15, -0.1) is 11.3 Å². The lowest BCUT2D eigenvalue weighted by atomic mass is 10.1. The molecule has 2 aromatic rings. The highest BCUT2D eigenvalue weighted by molar-refractivity contribution is 9.10. The lowest BCUT2D eigenvalue weighted by Gasteiger charge is -2.23. The highest BCUT2D eigenvalue weighted by Crippen LogP contribution is 2.31. The Morgan fingerprint density at radius 3 is 2.73 bits per heavy atom. The van der Waals surface area contributed by atoms with Crippen molar-refractivity contribution in [1.82, 2.24) is 4.90 Å². The molecule has 1 aliphatic rings. The number of anilines is 1. The smallest absolute Gasteiger partial charge is 0.291 e. The van der Waals surface area contributed by atoms with Gasteiger partial charge in [0.15, 0.2) is 0 Å². The molecule has 0 bridgehead atoms. The molecule has 114 valence electrons. The van der Waals surface area contributed by atoms with E-state index in [0.29, 0.717) is 24.5 Å². The largest absolute Gasteiger partial charge is 0.300 e. The second kappa shape index (κ2) is 6.12.